The standard InChI is InChI=1S/C12H9BrClNO3S/c13-10-2-1-3-11(12(10)16)15-19(17,18)9-6-4-8(14)5-7-9/h1-7,15-16H. The number of nitrogens with one attached hydrogen (secondary N) is 1. The van der Waals surface area contributed by atoms with Gasteiger partial charge in [-0.05, 0) is 52.3 Å². The number of rotatable bonds is 3. The lowest BCUT2D eigenvalue weighted by Crippen LogP contribution is -2.12. The molecular weight excluding hydrogens is 354 g/mol. The average molecular weight is 363 g/mol. The van der Waals surface area contributed by atoms with Gasteiger partial charge in [0, 0.05) is 5.02 Å². The predicted molar refractivity (Wildman–Crippen MR) is 78.1 cm³/mol. The molecule has 0 amide bonds. The molecule has 2 N–H and O–H groups in total. The summed E-state index contributed by atoms with van der Waals surface area (Å²) in [7, 11) is -3.76. The number of anilines is 1. The van der Waals surface area contributed by atoms with Crippen LogP contribution in [0.3, 0.4) is 0 Å². The fraction of sp³-hybridized carbons (Fsp3) is 0. The van der Waals surface area contributed by atoms with E-state index in [0.717, 1.165) is 0 Å². The second-order valence-corrected chi connectivity index (χ2v) is 6.67. The molecule has 2 aromatic rings. The van der Waals surface area contributed by atoms with Crippen LogP contribution < -0.4 is 4.72 Å². The maximum atomic E-state index is 12.1. The molecule has 4 nitrogen and oxygen atoms in total. The van der Waals surface area contributed by atoms with Gasteiger partial charge in [0.15, 0.2) is 5.75 Å². The summed E-state index contributed by atoms with van der Waals surface area (Å²) in [5, 5.41) is 10.2. The maximum Gasteiger partial charge on any atom is 0.262 e. The topological polar surface area (TPSA) is 66.4 Å². The molecule has 0 saturated carbocycles. The molecule has 0 atom stereocenters. The van der Waals surface area contributed by atoms with Crippen LogP contribution in [0.1, 0.15) is 0 Å². The van der Waals surface area contributed by atoms with Crippen LogP contribution in [0.15, 0.2) is 51.8 Å². The number of aromatic hydroxyl groups is 1. The number of benzene rings is 2. The van der Waals surface area contributed by atoms with Gasteiger partial charge >= 0.3 is 0 Å². The van der Waals surface area contributed by atoms with Crippen LogP contribution in [-0.4, -0.2) is 13.5 Å². The monoisotopic (exact) mass is 361 g/mol. The number of hydrogen-bond acceptors (Lipinski definition) is 3. The van der Waals surface area contributed by atoms with E-state index in [2.05, 4.69) is 20.7 Å². The fourth-order valence-corrected chi connectivity index (χ4v) is 2.97. The Morgan fingerprint density at radius 1 is 1.11 bits per heavy atom. The van der Waals surface area contributed by atoms with Crippen LogP contribution >= 0.6 is 27.5 Å². The molecule has 0 aliphatic rings. The molecule has 0 bridgehead atoms. The van der Waals surface area contributed by atoms with Gasteiger partial charge in [-0.2, -0.15) is 0 Å². The van der Waals surface area contributed by atoms with E-state index in [1.165, 1.54) is 30.3 Å². The van der Waals surface area contributed by atoms with Crippen molar-refractivity contribution in [3.05, 3.63) is 52.0 Å². The first-order valence-corrected chi connectivity index (χ1v) is 7.81. The summed E-state index contributed by atoms with van der Waals surface area (Å²) in [5.41, 5.74) is 0.101. The Balaban J connectivity index is 2.36. The van der Waals surface area contributed by atoms with Crippen molar-refractivity contribution in [3.8, 4) is 5.75 Å². The van der Waals surface area contributed by atoms with Crippen molar-refractivity contribution in [2.75, 3.05) is 4.72 Å². The molecule has 0 unspecified atom stereocenters. The molecule has 0 aliphatic heterocycles. The summed E-state index contributed by atoms with van der Waals surface area (Å²) in [5.74, 6) is -0.167. The quantitative estimate of drug-likeness (QED) is 0.820. The molecule has 0 aromatic heterocycles. The van der Waals surface area contributed by atoms with Crippen LogP contribution in [0.25, 0.3) is 0 Å². The normalized spacial score (nSPS) is 11.3. The zero-order valence-corrected chi connectivity index (χ0v) is 12.6. The maximum absolute atomic E-state index is 12.1. The van der Waals surface area contributed by atoms with Crippen molar-refractivity contribution in [1.29, 1.82) is 0 Å². The molecule has 100 valence electrons. The Labute approximate surface area is 124 Å². The number of hydrogen-bond donors (Lipinski definition) is 2. The second kappa shape index (κ2) is 5.40. The number of phenols is 1. The zero-order valence-electron chi connectivity index (χ0n) is 9.47. The van der Waals surface area contributed by atoms with E-state index < -0.39 is 10.0 Å². The van der Waals surface area contributed by atoms with Crippen LogP contribution in [0, 0.1) is 0 Å². The van der Waals surface area contributed by atoms with E-state index in [9.17, 15) is 13.5 Å². The fourth-order valence-electron chi connectivity index (χ4n) is 1.42. The zero-order chi connectivity index (χ0) is 14.0. The van der Waals surface area contributed by atoms with E-state index in [-0.39, 0.29) is 16.3 Å². The molecule has 19 heavy (non-hydrogen) atoms. The van der Waals surface area contributed by atoms with Crippen molar-refractivity contribution >= 4 is 43.2 Å². The molecular formula is C12H9BrClNO3S. The van der Waals surface area contributed by atoms with Gasteiger partial charge in [-0.1, -0.05) is 17.7 Å². The first kappa shape index (κ1) is 14.2. The third-order valence-electron chi connectivity index (χ3n) is 2.36. The molecule has 0 fully saturated rings. The molecule has 2 aromatic carbocycles. The van der Waals surface area contributed by atoms with E-state index >= 15 is 0 Å². The van der Waals surface area contributed by atoms with E-state index in [4.69, 9.17) is 11.6 Å². The van der Waals surface area contributed by atoms with Crippen molar-refractivity contribution in [1.82, 2.24) is 0 Å². The molecule has 0 saturated heterocycles. The van der Waals surface area contributed by atoms with Crippen molar-refractivity contribution < 1.29 is 13.5 Å². The first-order chi connectivity index (χ1) is 8.90. The smallest absolute Gasteiger partial charge is 0.262 e. The van der Waals surface area contributed by atoms with Crippen LogP contribution in [0.2, 0.25) is 5.02 Å². The summed E-state index contributed by atoms with van der Waals surface area (Å²) in [4.78, 5) is 0.0660. The Bertz CT molecular complexity index is 701. The lowest BCUT2D eigenvalue weighted by molar-refractivity contribution is 0.474. The van der Waals surface area contributed by atoms with Gasteiger partial charge in [0.2, 0.25) is 0 Å². The van der Waals surface area contributed by atoms with Crippen LogP contribution in [0.4, 0.5) is 5.69 Å². The summed E-state index contributed by atoms with van der Waals surface area (Å²) < 4.78 is 26.9. The lowest BCUT2D eigenvalue weighted by atomic mass is 10.3. The van der Waals surface area contributed by atoms with Crippen LogP contribution in [0.5, 0.6) is 5.75 Å². The van der Waals surface area contributed by atoms with Gasteiger partial charge in [-0.25, -0.2) is 8.42 Å². The third kappa shape index (κ3) is 3.20. The first-order valence-electron chi connectivity index (χ1n) is 5.16. The minimum absolute atomic E-state index is 0.0660. The van der Waals surface area contributed by atoms with Gasteiger partial charge < -0.3 is 5.11 Å². The highest BCUT2D eigenvalue weighted by molar-refractivity contribution is 9.10. The van der Waals surface area contributed by atoms with Gasteiger partial charge in [0.1, 0.15) is 0 Å². The van der Waals surface area contributed by atoms with Gasteiger partial charge in [0.05, 0.1) is 15.1 Å². The van der Waals surface area contributed by atoms with Gasteiger partial charge in [-0.3, -0.25) is 4.72 Å². The number of para-hydroxylation sites is 1. The largest absolute Gasteiger partial charge is 0.505 e. The molecule has 0 heterocycles. The molecule has 7 heteroatoms. The number of phenolic OH excluding ortho intramolecular Hbond substituents is 1. The highest BCUT2D eigenvalue weighted by Crippen LogP contribution is 2.33. The van der Waals surface area contributed by atoms with Gasteiger partial charge in [0.25, 0.3) is 10.0 Å². The minimum Gasteiger partial charge on any atom is -0.505 e. The summed E-state index contributed by atoms with van der Waals surface area (Å²) in [6.45, 7) is 0. The SMILES string of the molecule is O=S(=O)(Nc1cccc(Br)c1O)c1ccc(Cl)cc1. The molecule has 2 rings (SSSR count). The predicted octanol–water partition coefficient (Wildman–Crippen LogP) is 3.61. The molecule has 0 aliphatic carbocycles. The van der Waals surface area contributed by atoms with E-state index in [1.54, 1.807) is 12.1 Å². The average Bonchev–Trinajstić information content (AvgIpc) is 2.35. The highest BCUT2D eigenvalue weighted by Gasteiger charge is 2.16. The second-order valence-electron chi connectivity index (χ2n) is 3.70. The van der Waals surface area contributed by atoms with Crippen molar-refractivity contribution in [2.45, 2.75) is 4.90 Å². The number of halogens is 2. The minimum atomic E-state index is -3.76. The van der Waals surface area contributed by atoms with E-state index in [1.807, 2.05) is 0 Å². The van der Waals surface area contributed by atoms with Gasteiger partial charge in [-0.15, -0.1) is 0 Å². The van der Waals surface area contributed by atoms with E-state index in [0.29, 0.717) is 9.50 Å². The summed E-state index contributed by atoms with van der Waals surface area (Å²) >= 11 is 8.82. The van der Waals surface area contributed by atoms with Crippen LogP contribution in [-0.2, 0) is 10.0 Å². The third-order valence-corrected chi connectivity index (χ3v) is 4.63. The summed E-state index contributed by atoms with van der Waals surface area (Å²) in [6.07, 6.45) is 0. The van der Waals surface area contributed by atoms with Crippen molar-refractivity contribution in [2.24, 2.45) is 0 Å². The molecule has 0 spiro atoms. The van der Waals surface area contributed by atoms with Crippen molar-refractivity contribution in [3.63, 3.8) is 0 Å². The summed E-state index contributed by atoms with van der Waals surface area (Å²) in [6, 6.07) is 10.4. The lowest BCUT2D eigenvalue weighted by Gasteiger charge is -2.10. The molecule has 0 radical (unpaired) electrons. The Morgan fingerprint density at radius 3 is 2.37 bits per heavy atom. The Morgan fingerprint density at radius 2 is 1.74 bits per heavy atom. The Hall–Kier alpha value is -1.24. The Kier molecular flexibility index (Phi) is 4.03. The highest BCUT2D eigenvalue weighted by atomic mass is 79.9. The number of sulfonamides is 1.